The predicted octanol–water partition coefficient (Wildman–Crippen LogP) is 1.08. The van der Waals surface area contributed by atoms with Gasteiger partial charge >= 0.3 is 0 Å². The zero-order chi connectivity index (χ0) is 14.5. The molecule has 2 rings (SSSR count). The van der Waals surface area contributed by atoms with Crippen molar-refractivity contribution in [1.29, 1.82) is 0 Å². The molecule has 1 aromatic heterocycles. The standard InChI is InChI=1S/C14H13FN2O3/c15-11-3-1-9(2-4-11)5-13(20)14-10(7-16-17-14)6-12(19)8-18/h1-4,7,18H,5-6,8H2,(H,16,17). The third kappa shape index (κ3) is 3.36. The van der Waals surface area contributed by atoms with Crippen molar-refractivity contribution >= 4 is 11.6 Å². The van der Waals surface area contributed by atoms with Gasteiger partial charge < -0.3 is 5.11 Å². The zero-order valence-corrected chi connectivity index (χ0v) is 10.6. The number of rotatable bonds is 6. The van der Waals surface area contributed by atoms with Crippen molar-refractivity contribution < 1.29 is 19.1 Å². The van der Waals surface area contributed by atoms with Crippen molar-refractivity contribution in [3.8, 4) is 0 Å². The fourth-order valence-corrected chi connectivity index (χ4v) is 1.83. The highest BCUT2D eigenvalue weighted by molar-refractivity contribution is 5.98. The second-order valence-corrected chi connectivity index (χ2v) is 4.37. The molecule has 5 nitrogen and oxygen atoms in total. The summed E-state index contributed by atoms with van der Waals surface area (Å²) in [5.41, 5.74) is 1.37. The topological polar surface area (TPSA) is 83.0 Å². The van der Waals surface area contributed by atoms with Crippen LogP contribution in [-0.4, -0.2) is 33.5 Å². The highest BCUT2D eigenvalue weighted by atomic mass is 19.1. The molecule has 1 heterocycles. The van der Waals surface area contributed by atoms with Crippen molar-refractivity contribution in [3.63, 3.8) is 0 Å². The van der Waals surface area contributed by atoms with E-state index in [4.69, 9.17) is 5.11 Å². The molecule has 104 valence electrons. The summed E-state index contributed by atoms with van der Waals surface area (Å²) in [4.78, 5) is 23.3. The summed E-state index contributed by atoms with van der Waals surface area (Å²) in [7, 11) is 0. The Hall–Kier alpha value is -2.34. The molecule has 0 saturated heterocycles. The Kier molecular flexibility index (Phi) is 4.37. The molecule has 0 saturated carbocycles. The number of carbonyl (C=O) groups excluding carboxylic acids is 2. The third-order valence-electron chi connectivity index (χ3n) is 2.84. The minimum Gasteiger partial charge on any atom is -0.389 e. The summed E-state index contributed by atoms with van der Waals surface area (Å²) < 4.78 is 12.8. The van der Waals surface area contributed by atoms with E-state index in [0.717, 1.165) is 0 Å². The van der Waals surface area contributed by atoms with Crippen molar-refractivity contribution in [2.75, 3.05) is 6.61 Å². The molecule has 2 N–H and O–H groups in total. The maximum Gasteiger partial charge on any atom is 0.185 e. The summed E-state index contributed by atoms with van der Waals surface area (Å²) in [6, 6.07) is 5.63. The van der Waals surface area contributed by atoms with Crippen LogP contribution in [0.5, 0.6) is 0 Å². The van der Waals surface area contributed by atoms with Crippen LogP contribution < -0.4 is 0 Å². The number of aliphatic hydroxyl groups is 1. The second kappa shape index (κ2) is 6.21. The molecule has 6 heteroatoms. The average molecular weight is 276 g/mol. The lowest BCUT2D eigenvalue weighted by Crippen LogP contribution is -2.12. The summed E-state index contributed by atoms with van der Waals surface area (Å²) >= 11 is 0. The number of nitrogens with zero attached hydrogens (tertiary/aromatic N) is 1. The number of hydrogen-bond acceptors (Lipinski definition) is 4. The van der Waals surface area contributed by atoms with Crippen LogP contribution >= 0.6 is 0 Å². The highest BCUT2D eigenvalue weighted by Gasteiger charge is 2.16. The van der Waals surface area contributed by atoms with Crippen LogP contribution in [0.25, 0.3) is 0 Å². The molecule has 2 aromatic rings. The van der Waals surface area contributed by atoms with Gasteiger partial charge in [0.15, 0.2) is 11.6 Å². The lowest BCUT2D eigenvalue weighted by atomic mass is 10.0. The molecular formula is C14H13FN2O3. The first kappa shape index (κ1) is 14.1. The maximum absolute atomic E-state index is 12.8. The monoisotopic (exact) mass is 276 g/mol. The van der Waals surface area contributed by atoms with Gasteiger partial charge in [-0.25, -0.2) is 4.39 Å². The van der Waals surface area contributed by atoms with Gasteiger partial charge in [0.1, 0.15) is 18.1 Å². The van der Waals surface area contributed by atoms with Gasteiger partial charge in [0.25, 0.3) is 0 Å². The third-order valence-corrected chi connectivity index (χ3v) is 2.84. The van der Waals surface area contributed by atoms with E-state index in [1.165, 1.54) is 30.5 Å². The van der Waals surface area contributed by atoms with Crippen LogP contribution in [0.3, 0.4) is 0 Å². The van der Waals surface area contributed by atoms with Crippen LogP contribution in [0.1, 0.15) is 21.6 Å². The molecule has 0 aliphatic rings. The number of carbonyl (C=O) groups is 2. The van der Waals surface area contributed by atoms with E-state index < -0.39 is 6.61 Å². The predicted molar refractivity (Wildman–Crippen MR) is 68.8 cm³/mol. The molecule has 0 amide bonds. The first-order chi connectivity index (χ1) is 9.60. The lowest BCUT2D eigenvalue weighted by molar-refractivity contribution is -0.121. The first-order valence-electron chi connectivity index (χ1n) is 6.02. The minimum atomic E-state index is -0.573. The minimum absolute atomic E-state index is 0.0442. The molecule has 0 bridgehead atoms. The van der Waals surface area contributed by atoms with Crippen molar-refractivity contribution in [1.82, 2.24) is 10.2 Å². The quantitative estimate of drug-likeness (QED) is 0.773. The molecule has 0 fully saturated rings. The molecule has 0 spiro atoms. The number of aliphatic hydroxyl groups excluding tert-OH is 1. The van der Waals surface area contributed by atoms with E-state index in [-0.39, 0.29) is 35.9 Å². The summed E-state index contributed by atoms with van der Waals surface area (Å²) in [5, 5.41) is 15.0. The largest absolute Gasteiger partial charge is 0.389 e. The van der Waals surface area contributed by atoms with Crippen molar-refractivity contribution in [2.45, 2.75) is 12.8 Å². The SMILES string of the molecule is O=C(CO)Cc1cn[nH]c1C(=O)Cc1ccc(F)cc1. The Morgan fingerprint density at radius 3 is 2.55 bits per heavy atom. The molecule has 0 aliphatic heterocycles. The maximum atomic E-state index is 12.8. The Labute approximate surface area is 114 Å². The molecular weight excluding hydrogens is 263 g/mol. The van der Waals surface area contributed by atoms with Crippen molar-refractivity contribution in [3.05, 3.63) is 53.1 Å². The van der Waals surface area contributed by atoms with Gasteiger partial charge in [-0.2, -0.15) is 5.10 Å². The molecule has 20 heavy (non-hydrogen) atoms. The van der Waals surface area contributed by atoms with E-state index in [1.54, 1.807) is 0 Å². The molecule has 0 atom stereocenters. The van der Waals surface area contributed by atoms with Gasteiger partial charge in [-0.1, -0.05) is 12.1 Å². The number of aromatic amines is 1. The Morgan fingerprint density at radius 2 is 1.90 bits per heavy atom. The molecule has 0 unspecified atom stereocenters. The summed E-state index contributed by atoms with van der Waals surface area (Å²) in [5.74, 6) is -0.992. The number of aromatic nitrogens is 2. The average Bonchev–Trinajstić information content (AvgIpc) is 2.89. The van der Waals surface area contributed by atoms with Gasteiger partial charge in [-0.15, -0.1) is 0 Å². The van der Waals surface area contributed by atoms with Gasteiger partial charge in [0.05, 0.1) is 6.20 Å². The molecule has 0 radical (unpaired) electrons. The van der Waals surface area contributed by atoms with E-state index >= 15 is 0 Å². The number of Topliss-reactive ketones (excluding diaryl/α,β-unsaturated/α-hetero) is 2. The first-order valence-corrected chi connectivity index (χ1v) is 6.02. The number of ketones is 2. The number of nitrogens with one attached hydrogen (secondary N) is 1. The van der Waals surface area contributed by atoms with Gasteiger partial charge in [-0.05, 0) is 17.7 Å². The highest BCUT2D eigenvalue weighted by Crippen LogP contribution is 2.11. The Bertz CT molecular complexity index is 620. The number of H-pyrrole nitrogens is 1. The van der Waals surface area contributed by atoms with Gasteiger partial charge in [0, 0.05) is 18.4 Å². The second-order valence-electron chi connectivity index (χ2n) is 4.37. The van der Waals surface area contributed by atoms with E-state index in [9.17, 15) is 14.0 Å². The van der Waals surface area contributed by atoms with E-state index in [1.807, 2.05) is 0 Å². The Balaban J connectivity index is 2.11. The number of hydrogen-bond donors (Lipinski definition) is 2. The van der Waals surface area contributed by atoms with Gasteiger partial charge in [-0.3, -0.25) is 14.7 Å². The summed E-state index contributed by atoms with van der Waals surface area (Å²) in [6.07, 6.45) is 1.44. The number of benzene rings is 1. The number of halogens is 1. The fraction of sp³-hybridized carbons (Fsp3) is 0.214. The smallest absolute Gasteiger partial charge is 0.185 e. The normalized spacial score (nSPS) is 10.5. The van der Waals surface area contributed by atoms with E-state index in [2.05, 4.69) is 10.2 Å². The lowest BCUT2D eigenvalue weighted by Gasteiger charge is -2.02. The van der Waals surface area contributed by atoms with Gasteiger partial charge in [0.2, 0.25) is 0 Å². The zero-order valence-electron chi connectivity index (χ0n) is 10.6. The summed E-state index contributed by atoms with van der Waals surface area (Å²) in [6.45, 7) is -0.573. The molecule has 1 aromatic carbocycles. The molecule has 0 aliphatic carbocycles. The van der Waals surface area contributed by atoms with E-state index in [0.29, 0.717) is 11.1 Å². The van der Waals surface area contributed by atoms with Crippen LogP contribution in [0.2, 0.25) is 0 Å². The Morgan fingerprint density at radius 1 is 1.20 bits per heavy atom. The van der Waals surface area contributed by atoms with Crippen LogP contribution in [-0.2, 0) is 17.6 Å². The van der Waals surface area contributed by atoms with Crippen LogP contribution in [0.4, 0.5) is 4.39 Å². The van der Waals surface area contributed by atoms with Crippen LogP contribution in [0, 0.1) is 5.82 Å². The fourth-order valence-electron chi connectivity index (χ4n) is 1.83. The van der Waals surface area contributed by atoms with Crippen molar-refractivity contribution in [2.24, 2.45) is 0 Å². The van der Waals surface area contributed by atoms with Crippen LogP contribution in [0.15, 0.2) is 30.5 Å².